The van der Waals surface area contributed by atoms with E-state index in [1.54, 1.807) is 17.0 Å². The van der Waals surface area contributed by atoms with Gasteiger partial charge in [-0.05, 0) is 64.8 Å². The Morgan fingerprint density at radius 2 is 1.32 bits per heavy atom. The third kappa shape index (κ3) is 11.3. The number of carbonyl (C=O) groups excluding carboxylic acids is 2. The minimum atomic E-state index is -3.04. The zero-order valence-electron chi connectivity index (χ0n) is 29.4. The fraction of sp³-hybridized carbons (Fsp3) is 0.611. The van der Waals surface area contributed by atoms with Crippen LogP contribution < -0.4 is 14.7 Å². The third-order valence-corrected chi connectivity index (χ3v) is 8.80. The summed E-state index contributed by atoms with van der Waals surface area (Å²) in [4.78, 5) is 37.2. The van der Waals surface area contributed by atoms with Crippen LogP contribution >= 0.6 is 8.25 Å². The molecule has 264 valence electrons. The number of aromatic hydroxyl groups is 2. The van der Waals surface area contributed by atoms with Crippen LogP contribution in [0.15, 0.2) is 36.4 Å². The van der Waals surface area contributed by atoms with E-state index < -0.39 is 8.25 Å². The maximum absolute atomic E-state index is 12.6. The monoisotopic (exact) mass is 676 g/mol. The maximum Gasteiger partial charge on any atom is 0.521 e. The van der Waals surface area contributed by atoms with E-state index in [1.165, 1.54) is 5.56 Å². The number of rotatable bonds is 9. The summed E-state index contributed by atoms with van der Waals surface area (Å²) >= 11 is 0. The van der Waals surface area contributed by atoms with E-state index in [9.17, 15) is 19.8 Å². The van der Waals surface area contributed by atoms with E-state index in [0.29, 0.717) is 24.2 Å². The Morgan fingerprint density at radius 3 is 1.72 bits per heavy atom. The van der Waals surface area contributed by atoms with Crippen molar-refractivity contribution in [3.8, 4) is 11.5 Å². The van der Waals surface area contributed by atoms with Crippen molar-refractivity contribution in [2.75, 3.05) is 9.80 Å². The molecule has 3 N–H and O–H groups in total. The molecule has 2 aliphatic heterocycles. The number of hydrogen-bond acceptors (Lipinski definition) is 8. The first kappa shape index (κ1) is 40.1. The normalized spacial score (nSPS) is 18.5. The van der Waals surface area contributed by atoms with Crippen molar-refractivity contribution in [2.45, 2.75) is 143 Å². The smallest absolute Gasteiger partial charge is 0.521 e. The summed E-state index contributed by atoms with van der Waals surface area (Å²) in [5, 5.41) is 27.9. The summed E-state index contributed by atoms with van der Waals surface area (Å²) in [5.41, 5.74) is 3.24. The molecule has 0 spiro atoms. The molecule has 2 aliphatic rings. The molecule has 11 heteroatoms. The van der Waals surface area contributed by atoms with Crippen LogP contribution in [0.1, 0.15) is 132 Å². The summed E-state index contributed by atoms with van der Waals surface area (Å²) in [6.45, 7) is 17.2. The van der Waals surface area contributed by atoms with Gasteiger partial charge in [-0.2, -0.15) is 0 Å². The molecule has 10 nitrogen and oxygen atoms in total. The number of nitrogens with zero attached hydrogens (tertiary/aromatic N) is 2. The van der Waals surface area contributed by atoms with Crippen LogP contribution in [0, 0.1) is 0 Å². The number of hydrogen-bond donors (Lipinski definition) is 3. The van der Waals surface area contributed by atoms with Gasteiger partial charge in [-0.1, -0.05) is 99.3 Å². The van der Waals surface area contributed by atoms with Gasteiger partial charge in [0.05, 0.1) is 11.4 Å². The van der Waals surface area contributed by atoms with Crippen molar-refractivity contribution < 1.29 is 40.6 Å². The Labute approximate surface area is 283 Å². The van der Waals surface area contributed by atoms with Crippen LogP contribution in [0.4, 0.5) is 11.4 Å². The number of phenols is 2. The summed E-state index contributed by atoms with van der Waals surface area (Å²) in [5.74, 6) is 0.747. The molecule has 2 heterocycles. The first-order valence-corrected chi connectivity index (χ1v) is 17.8. The fourth-order valence-electron chi connectivity index (χ4n) is 6.05. The molecule has 0 aromatic heterocycles. The lowest BCUT2D eigenvalue weighted by Gasteiger charge is -2.32. The molecule has 47 heavy (non-hydrogen) atoms. The van der Waals surface area contributed by atoms with Crippen molar-refractivity contribution in [3.63, 3.8) is 0 Å². The number of para-hydroxylation sites is 2. The third-order valence-electron chi connectivity index (χ3n) is 8.66. The van der Waals surface area contributed by atoms with Gasteiger partial charge < -0.3 is 24.9 Å². The number of amides is 2. The average Bonchev–Trinajstić information content (AvgIpc) is 3.55. The highest BCUT2D eigenvalue weighted by Gasteiger charge is 2.36. The van der Waals surface area contributed by atoms with Gasteiger partial charge in [-0.15, -0.1) is 0 Å². The highest BCUT2D eigenvalue weighted by molar-refractivity contribution is 7.30. The minimum absolute atomic E-state index is 0. The summed E-state index contributed by atoms with van der Waals surface area (Å²) < 4.78 is 11.6. The minimum Gasteiger partial charge on any atom is -0.565 e. The highest BCUT2D eigenvalue weighted by atomic mass is 31.1. The largest absolute Gasteiger partial charge is 0.565 e. The average molecular weight is 677 g/mol. The van der Waals surface area contributed by atoms with Crippen LogP contribution in [0.2, 0.25) is 0 Å². The lowest BCUT2D eigenvalue weighted by atomic mass is 9.79. The van der Waals surface area contributed by atoms with E-state index in [4.69, 9.17) is 14.7 Å². The topological polar surface area (TPSA) is 151 Å². The van der Waals surface area contributed by atoms with E-state index in [1.807, 2.05) is 23.1 Å². The first-order chi connectivity index (χ1) is 22.0. The zero-order chi connectivity index (χ0) is 35.5. The molecule has 2 aromatic carbocycles. The van der Waals surface area contributed by atoms with E-state index in [2.05, 4.69) is 66.1 Å². The molecule has 0 aliphatic carbocycles. The molecule has 0 bridgehead atoms. The first-order valence-electron chi connectivity index (χ1n) is 16.7. The Kier molecular flexibility index (Phi) is 15.3. The van der Waals surface area contributed by atoms with Gasteiger partial charge >= 0.3 is 8.25 Å². The van der Waals surface area contributed by atoms with Crippen LogP contribution in [0.5, 0.6) is 11.5 Å². The van der Waals surface area contributed by atoms with E-state index >= 15 is 0 Å². The van der Waals surface area contributed by atoms with Crippen LogP contribution in [0.25, 0.3) is 0 Å². The number of phenolic OH excluding ortho intramolecular Hbond substituents is 2. The molecule has 2 fully saturated rings. The van der Waals surface area contributed by atoms with E-state index in [0.717, 1.165) is 56.9 Å². The van der Waals surface area contributed by atoms with Crippen molar-refractivity contribution in [2.24, 2.45) is 0 Å². The van der Waals surface area contributed by atoms with Gasteiger partial charge in [0.25, 0.3) is 0 Å². The van der Waals surface area contributed by atoms with Gasteiger partial charge in [0.2, 0.25) is 11.8 Å². The highest BCUT2D eigenvalue weighted by Crippen LogP contribution is 2.44. The molecular weight excluding hydrogens is 619 g/mol. The Hall–Kier alpha value is -3.04. The molecule has 0 radical (unpaired) electrons. The number of carbonyl (C=O) groups is 2. The van der Waals surface area contributed by atoms with Crippen molar-refractivity contribution in [1.29, 1.82) is 0 Å². The SMILES string of the molecule is CCCCC1CCC(=O)N1c1cc(C(C)(C)C)cc(C(C)(C)C)c1O.CCCCC1CCC(=O)N1c1ccccc1O.O=[P+]([O-])OO.[HH]. The summed E-state index contributed by atoms with van der Waals surface area (Å²) in [6, 6.07) is 11.7. The second kappa shape index (κ2) is 17.9. The molecule has 2 aromatic rings. The second-order valence-electron chi connectivity index (χ2n) is 14.4. The maximum atomic E-state index is 12.6. The molecule has 2 amide bonds. The predicted octanol–water partition coefficient (Wildman–Crippen LogP) is 8.49. The van der Waals surface area contributed by atoms with Crippen LogP contribution in [-0.4, -0.2) is 39.4 Å². The van der Waals surface area contributed by atoms with Crippen molar-refractivity contribution >= 4 is 31.4 Å². The predicted molar refractivity (Wildman–Crippen MR) is 187 cm³/mol. The molecule has 2 saturated heterocycles. The Morgan fingerprint density at radius 1 is 0.851 bits per heavy atom. The summed E-state index contributed by atoms with van der Waals surface area (Å²) in [6.07, 6.45) is 9.52. The van der Waals surface area contributed by atoms with Crippen LogP contribution in [-0.2, 0) is 29.7 Å². The zero-order valence-corrected chi connectivity index (χ0v) is 30.3. The van der Waals surface area contributed by atoms with Crippen molar-refractivity contribution in [3.05, 3.63) is 47.5 Å². The number of benzene rings is 2. The lowest BCUT2D eigenvalue weighted by Crippen LogP contribution is -2.33. The lowest BCUT2D eigenvalue weighted by molar-refractivity contribution is -0.244. The standard InChI is InChI=1S/C22H35NO2.C14H19NO2.HO4P.H2/c1-8-9-10-16-11-12-19(24)23(16)18-14-15(21(2,3)4)13-17(20(18)25)22(5,6)7;1-2-3-6-11-9-10-14(17)15(11)12-7-4-5-8-13(12)16;1-4-5(2)3;/h13-14,16,25H,8-12H2,1-7H3;4-5,7-8,11,16H,2-3,6,9-10H2,1H3;1H;1H. The molecule has 4 rings (SSSR count). The molecule has 3 atom stereocenters. The molecule has 0 saturated carbocycles. The number of unbranched alkanes of at least 4 members (excludes halogenated alkanes) is 2. The van der Waals surface area contributed by atoms with Gasteiger partial charge in [-0.3, -0.25) is 9.59 Å². The van der Waals surface area contributed by atoms with Gasteiger partial charge in [0, 0.05) is 36.6 Å². The molecular formula is C36H57N2O8P. The Balaban J connectivity index is 0.000000433. The van der Waals surface area contributed by atoms with Gasteiger partial charge in [0.15, 0.2) is 0 Å². The fourth-order valence-corrected chi connectivity index (χ4v) is 6.05. The Bertz CT molecular complexity index is 1360. The van der Waals surface area contributed by atoms with Crippen LogP contribution in [0.3, 0.4) is 0 Å². The molecule has 3 unspecified atom stereocenters. The van der Waals surface area contributed by atoms with Gasteiger partial charge in [0.1, 0.15) is 11.5 Å². The van der Waals surface area contributed by atoms with Crippen molar-refractivity contribution in [1.82, 2.24) is 0 Å². The quantitative estimate of drug-likeness (QED) is 0.136. The van der Waals surface area contributed by atoms with E-state index in [-0.39, 0.29) is 47.7 Å². The second-order valence-corrected chi connectivity index (χ2v) is 15.0. The summed E-state index contributed by atoms with van der Waals surface area (Å²) in [7, 11) is -3.04. The van der Waals surface area contributed by atoms with Gasteiger partial charge in [-0.25, -0.2) is 5.26 Å². The number of anilines is 2.